The molecule has 19 heavy (non-hydrogen) atoms. The standard InChI is InChI=1S/C12H14F3N3O/c13-12(14,15)9-3-1-2-4-10(9)17-11(19)18-6-5-8(16)7-18/h1-4,8H,5-7,16H2,(H,17,19)/t8-/m1/s1. The molecule has 1 fully saturated rings. The first-order valence-electron chi connectivity index (χ1n) is 5.85. The van der Waals surface area contributed by atoms with E-state index in [-0.39, 0.29) is 11.7 Å². The topological polar surface area (TPSA) is 58.4 Å². The van der Waals surface area contributed by atoms with Crippen LogP contribution in [0.3, 0.4) is 0 Å². The Morgan fingerprint density at radius 3 is 2.63 bits per heavy atom. The summed E-state index contributed by atoms with van der Waals surface area (Å²) in [6, 6.07) is 4.24. The highest BCUT2D eigenvalue weighted by Gasteiger charge is 2.34. The van der Waals surface area contributed by atoms with Crippen LogP contribution in [0.25, 0.3) is 0 Å². The molecule has 0 saturated carbocycles. The largest absolute Gasteiger partial charge is 0.418 e. The maximum Gasteiger partial charge on any atom is 0.418 e. The number of nitrogens with two attached hydrogens (primary N) is 1. The van der Waals surface area contributed by atoms with Gasteiger partial charge in [0.25, 0.3) is 0 Å². The lowest BCUT2D eigenvalue weighted by Crippen LogP contribution is -2.35. The normalized spacial score (nSPS) is 19.6. The van der Waals surface area contributed by atoms with Crippen molar-refractivity contribution in [2.45, 2.75) is 18.6 Å². The molecule has 7 heteroatoms. The maximum atomic E-state index is 12.8. The molecule has 0 spiro atoms. The molecule has 1 heterocycles. The molecular formula is C12H14F3N3O. The molecule has 1 aromatic carbocycles. The van der Waals surface area contributed by atoms with E-state index < -0.39 is 17.8 Å². The van der Waals surface area contributed by atoms with Gasteiger partial charge in [0.05, 0.1) is 11.3 Å². The van der Waals surface area contributed by atoms with Crippen LogP contribution in [-0.4, -0.2) is 30.1 Å². The zero-order valence-electron chi connectivity index (χ0n) is 10.1. The third-order valence-electron chi connectivity index (χ3n) is 2.99. The van der Waals surface area contributed by atoms with Gasteiger partial charge >= 0.3 is 12.2 Å². The average Bonchev–Trinajstić information content (AvgIpc) is 2.75. The van der Waals surface area contributed by atoms with Crippen molar-refractivity contribution in [3.63, 3.8) is 0 Å². The number of hydrogen-bond donors (Lipinski definition) is 2. The number of alkyl halides is 3. The summed E-state index contributed by atoms with van der Waals surface area (Å²) in [5.74, 6) is 0. The van der Waals surface area contributed by atoms with Crippen molar-refractivity contribution in [3.05, 3.63) is 29.8 Å². The number of halogens is 3. The second-order valence-corrected chi connectivity index (χ2v) is 4.47. The number of nitrogens with zero attached hydrogens (tertiary/aromatic N) is 1. The monoisotopic (exact) mass is 273 g/mol. The van der Waals surface area contributed by atoms with E-state index in [0.29, 0.717) is 19.5 Å². The minimum absolute atomic E-state index is 0.108. The van der Waals surface area contributed by atoms with Crippen LogP contribution < -0.4 is 11.1 Å². The molecule has 2 rings (SSSR count). The molecule has 0 aliphatic carbocycles. The number of nitrogens with one attached hydrogen (secondary N) is 1. The summed E-state index contributed by atoms with van der Waals surface area (Å²) in [7, 11) is 0. The Morgan fingerprint density at radius 2 is 2.05 bits per heavy atom. The number of likely N-dealkylation sites (tertiary alicyclic amines) is 1. The van der Waals surface area contributed by atoms with Gasteiger partial charge in [0.2, 0.25) is 0 Å². The maximum absolute atomic E-state index is 12.8. The Labute approximate surface area is 108 Å². The van der Waals surface area contributed by atoms with Gasteiger partial charge in [0.15, 0.2) is 0 Å². The van der Waals surface area contributed by atoms with Crippen LogP contribution >= 0.6 is 0 Å². The van der Waals surface area contributed by atoms with Crippen molar-refractivity contribution < 1.29 is 18.0 Å². The number of carbonyl (C=O) groups excluding carboxylic acids is 1. The molecule has 0 unspecified atom stereocenters. The highest BCUT2D eigenvalue weighted by molar-refractivity contribution is 5.90. The summed E-state index contributed by atoms with van der Waals surface area (Å²) in [5.41, 5.74) is 4.56. The summed E-state index contributed by atoms with van der Waals surface area (Å²) in [5, 5.41) is 2.29. The Balaban J connectivity index is 2.13. The van der Waals surface area contributed by atoms with E-state index in [2.05, 4.69) is 5.32 Å². The minimum Gasteiger partial charge on any atom is -0.326 e. The van der Waals surface area contributed by atoms with Crippen molar-refractivity contribution in [1.29, 1.82) is 0 Å². The number of rotatable bonds is 1. The van der Waals surface area contributed by atoms with Crippen LogP contribution in [0.2, 0.25) is 0 Å². The molecule has 104 valence electrons. The number of carbonyl (C=O) groups is 1. The number of urea groups is 1. The zero-order valence-corrected chi connectivity index (χ0v) is 10.1. The number of para-hydroxylation sites is 1. The van der Waals surface area contributed by atoms with E-state index in [1.54, 1.807) is 0 Å². The van der Waals surface area contributed by atoms with Gasteiger partial charge < -0.3 is 16.0 Å². The lowest BCUT2D eigenvalue weighted by Gasteiger charge is -2.19. The molecular weight excluding hydrogens is 259 g/mol. The first-order valence-corrected chi connectivity index (χ1v) is 5.85. The zero-order chi connectivity index (χ0) is 14.0. The summed E-state index contributed by atoms with van der Waals surface area (Å²) in [6.45, 7) is 0.821. The fourth-order valence-electron chi connectivity index (χ4n) is 2.01. The van der Waals surface area contributed by atoms with Crippen LogP contribution in [0.5, 0.6) is 0 Å². The van der Waals surface area contributed by atoms with E-state index in [4.69, 9.17) is 5.73 Å². The fourth-order valence-corrected chi connectivity index (χ4v) is 2.01. The first-order chi connectivity index (χ1) is 8.88. The molecule has 2 amide bonds. The summed E-state index contributed by atoms with van der Waals surface area (Å²) in [4.78, 5) is 13.2. The smallest absolute Gasteiger partial charge is 0.326 e. The second kappa shape index (κ2) is 5.08. The third-order valence-corrected chi connectivity index (χ3v) is 2.99. The average molecular weight is 273 g/mol. The van der Waals surface area contributed by atoms with Gasteiger partial charge in [-0.25, -0.2) is 4.79 Å². The number of amides is 2. The van der Waals surface area contributed by atoms with Crippen LogP contribution in [0, 0.1) is 0 Å². The first kappa shape index (κ1) is 13.7. The Kier molecular flexibility index (Phi) is 3.66. The summed E-state index contributed by atoms with van der Waals surface area (Å²) < 4.78 is 38.3. The van der Waals surface area contributed by atoms with Crippen LogP contribution in [0.1, 0.15) is 12.0 Å². The van der Waals surface area contributed by atoms with Gasteiger partial charge in [0.1, 0.15) is 0 Å². The molecule has 1 aliphatic heterocycles. The summed E-state index contributed by atoms with van der Waals surface area (Å²) in [6.07, 6.45) is -3.83. The molecule has 1 atom stereocenters. The lowest BCUT2D eigenvalue weighted by molar-refractivity contribution is -0.136. The Hall–Kier alpha value is -1.76. The number of hydrogen-bond acceptors (Lipinski definition) is 2. The number of benzene rings is 1. The number of anilines is 1. The lowest BCUT2D eigenvalue weighted by atomic mass is 10.1. The predicted molar refractivity (Wildman–Crippen MR) is 64.6 cm³/mol. The van der Waals surface area contributed by atoms with Crippen molar-refractivity contribution in [2.24, 2.45) is 5.73 Å². The molecule has 1 saturated heterocycles. The quantitative estimate of drug-likeness (QED) is 0.824. The van der Waals surface area contributed by atoms with E-state index in [0.717, 1.165) is 6.07 Å². The SMILES string of the molecule is N[C@@H]1CCN(C(=O)Nc2ccccc2C(F)(F)F)C1. The van der Waals surface area contributed by atoms with Crippen LogP contribution in [0.4, 0.5) is 23.7 Å². The fraction of sp³-hybridized carbons (Fsp3) is 0.417. The molecule has 1 aromatic rings. The summed E-state index contributed by atoms with van der Waals surface area (Å²) >= 11 is 0. The van der Waals surface area contributed by atoms with Crippen molar-refractivity contribution >= 4 is 11.7 Å². The van der Waals surface area contributed by atoms with Gasteiger partial charge in [-0.3, -0.25) is 0 Å². The van der Waals surface area contributed by atoms with Gasteiger partial charge in [-0.15, -0.1) is 0 Å². The highest BCUT2D eigenvalue weighted by atomic mass is 19.4. The highest BCUT2D eigenvalue weighted by Crippen LogP contribution is 2.34. The van der Waals surface area contributed by atoms with Gasteiger partial charge in [0, 0.05) is 19.1 Å². The van der Waals surface area contributed by atoms with Gasteiger partial charge in [-0.2, -0.15) is 13.2 Å². The minimum atomic E-state index is -4.49. The Bertz CT molecular complexity index is 476. The van der Waals surface area contributed by atoms with E-state index in [9.17, 15) is 18.0 Å². The molecule has 3 N–H and O–H groups in total. The Morgan fingerprint density at radius 1 is 1.37 bits per heavy atom. The molecule has 1 aliphatic rings. The third kappa shape index (κ3) is 3.17. The molecule has 4 nitrogen and oxygen atoms in total. The molecule has 0 aromatic heterocycles. The van der Waals surface area contributed by atoms with Crippen LogP contribution in [-0.2, 0) is 6.18 Å². The van der Waals surface area contributed by atoms with Crippen molar-refractivity contribution in [1.82, 2.24) is 4.90 Å². The van der Waals surface area contributed by atoms with Gasteiger partial charge in [-0.05, 0) is 18.6 Å². The van der Waals surface area contributed by atoms with Crippen LogP contribution in [0.15, 0.2) is 24.3 Å². The second-order valence-electron chi connectivity index (χ2n) is 4.47. The van der Waals surface area contributed by atoms with Crippen molar-refractivity contribution in [2.75, 3.05) is 18.4 Å². The van der Waals surface area contributed by atoms with Gasteiger partial charge in [-0.1, -0.05) is 12.1 Å². The van der Waals surface area contributed by atoms with E-state index in [1.165, 1.54) is 23.1 Å². The predicted octanol–water partition coefficient (Wildman–Crippen LogP) is 2.27. The molecule has 0 radical (unpaired) electrons. The molecule has 0 bridgehead atoms. The van der Waals surface area contributed by atoms with Crippen molar-refractivity contribution in [3.8, 4) is 0 Å². The van der Waals surface area contributed by atoms with E-state index in [1.807, 2.05) is 0 Å². The van der Waals surface area contributed by atoms with E-state index >= 15 is 0 Å².